The molecule has 1 N–H and O–H groups in total. The van der Waals surface area contributed by atoms with Crippen molar-refractivity contribution in [2.24, 2.45) is 0 Å². The molecule has 0 saturated heterocycles. The lowest BCUT2D eigenvalue weighted by Gasteiger charge is -2.20. The van der Waals surface area contributed by atoms with Gasteiger partial charge in [0.1, 0.15) is 5.82 Å². The molecule has 0 radical (unpaired) electrons. The minimum absolute atomic E-state index is 0.208. The van der Waals surface area contributed by atoms with Crippen LogP contribution in [0.5, 0.6) is 0 Å². The molecule has 2 aromatic carbocycles. The maximum atomic E-state index is 13.1. The van der Waals surface area contributed by atoms with E-state index in [9.17, 15) is 9.50 Å². The van der Waals surface area contributed by atoms with Gasteiger partial charge in [-0.05, 0) is 49.2 Å². The summed E-state index contributed by atoms with van der Waals surface area (Å²) >= 11 is 0. The van der Waals surface area contributed by atoms with Crippen molar-refractivity contribution in [2.75, 3.05) is 13.6 Å². The third-order valence-electron chi connectivity index (χ3n) is 3.67. The van der Waals surface area contributed by atoms with Crippen LogP contribution in [0.25, 0.3) is 0 Å². The number of aryl methyl sites for hydroxylation is 1. The Morgan fingerprint density at radius 2 is 1.90 bits per heavy atom. The van der Waals surface area contributed by atoms with E-state index in [-0.39, 0.29) is 5.82 Å². The molecular weight excluding hydrogens is 265 g/mol. The van der Waals surface area contributed by atoms with Crippen LogP contribution in [0.1, 0.15) is 29.2 Å². The molecule has 2 nitrogen and oxygen atoms in total. The largest absolute Gasteiger partial charge is 0.388 e. The normalized spacial score (nSPS) is 12.6. The number of halogens is 1. The smallest absolute Gasteiger partial charge is 0.123 e. The number of hydrogen-bond acceptors (Lipinski definition) is 2. The Hall–Kier alpha value is -1.71. The molecule has 2 aromatic rings. The number of hydrogen-bond donors (Lipinski definition) is 1. The Kier molecular flexibility index (Phi) is 5.48. The molecule has 0 bridgehead atoms. The van der Waals surface area contributed by atoms with Crippen molar-refractivity contribution in [3.63, 3.8) is 0 Å². The van der Waals surface area contributed by atoms with Crippen LogP contribution in [-0.2, 0) is 6.54 Å². The van der Waals surface area contributed by atoms with Crippen molar-refractivity contribution in [1.82, 2.24) is 4.90 Å². The lowest BCUT2D eigenvalue weighted by Crippen LogP contribution is -2.21. The molecule has 0 aliphatic rings. The van der Waals surface area contributed by atoms with Crippen LogP contribution in [0.2, 0.25) is 0 Å². The number of nitrogens with zero attached hydrogens (tertiary/aromatic N) is 1. The monoisotopic (exact) mass is 287 g/mol. The third kappa shape index (κ3) is 4.66. The van der Waals surface area contributed by atoms with Crippen molar-refractivity contribution in [3.05, 3.63) is 71.0 Å². The van der Waals surface area contributed by atoms with Gasteiger partial charge in [0, 0.05) is 13.1 Å². The first kappa shape index (κ1) is 15.7. The molecule has 1 atom stereocenters. The van der Waals surface area contributed by atoms with E-state index in [4.69, 9.17) is 0 Å². The molecular formula is C18H22FNO. The predicted octanol–water partition coefficient (Wildman–Crippen LogP) is 3.69. The van der Waals surface area contributed by atoms with E-state index in [0.717, 1.165) is 23.2 Å². The van der Waals surface area contributed by atoms with Gasteiger partial charge in [0.25, 0.3) is 0 Å². The molecule has 112 valence electrons. The quantitative estimate of drug-likeness (QED) is 0.876. The highest BCUT2D eigenvalue weighted by Gasteiger charge is 2.11. The first-order valence-corrected chi connectivity index (χ1v) is 7.23. The summed E-state index contributed by atoms with van der Waals surface area (Å²) < 4.78 is 13.1. The van der Waals surface area contributed by atoms with Gasteiger partial charge in [0.15, 0.2) is 0 Å². The van der Waals surface area contributed by atoms with Gasteiger partial charge in [0.2, 0.25) is 0 Å². The number of rotatable bonds is 6. The van der Waals surface area contributed by atoms with E-state index in [2.05, 4.69) is 4.90 Å². The van der Waals surface area contributed by atoms with Gasteiger partial charge in [0.05, 0.1) is 6.10 Å². The van der Waals surface area contributed by atoms with E-state index < -0.39 is 6.10 Å². The summed E-state index contributed by atoms with van der Waals surface area (Å²) in [6.07, 6.45) is 0.206. The minimum atomic E-state index is -0.457. The maximum absolute atomic E-state index is 13.1. The summed E-state index contributed by atoms with van der Waals surface area (Å²) in [5.41, 5.74) is 3.04. The average Bonchev–Trinajstić information content (AvgIpc) is 2.45. The van der Waals surface area contributed by atoms with Crippen LogP contribution in [0.15, 0.2) is 48.5 Å². The van der Waals surface area contributed by atoms with Crippen molar-refractivity contribution in [2.45, 2.75) is 26.0 Å². The molecule has 0 aromatic heterocycles. The van der Waals surface area contributed by atoms with Gasteiger partial charge >= 0.3 is 0 Å². The van der Waals surface area contributed by atoms with Crippen LogP contribution < -0.4 is 0 Å². The number of aliphatic hydroxyl groups is 1. The van der Waals surface area contributed by atoms with Gasteiger partial charge in [-0.1, -0.05) is 36.4 Å². The number of benzene rings is 2. The second-order valence-corrected chi connectivity index (χ2v) is 5.53. The summed E-state index contributed by atoms with van der Waals surface area (Å²) in [6.45, 7) is 3.44. The zero-order valence-electron chi connectivity index (χ0n) is 12.6. The number of aliphatic hydroxyl groups excluding tert-OH is 1. The van der Waals surface area contributed by atoms with E-state index in [0.29, 0.717) is 13.0 Å². The fourth-order valence-corrected chi connectivity index (χ4v) is 2.48. The van der Waals surface area contributed by atoms with Crippen molar-refractivity contribution >= 4 is 0 Å². The van der Waals surface area contributed by atoms with Crippen molar-refractivity contribution < 1.29 is 9.50 Å². The second-order valence-electron chi connectivity index (χ2n) is 5.53. The molecule has 0 spiro atoms. The molecule has 0 fully saturated rings. The van der Waals surface area contributed by atoms with Gasteiger partial charge in [-0.3, -0.25) is 0 Å². The van der Waals surface area contributed by atoms with Gasteiger partial charge in [-0.25, -0.2) is 4.39 Å². The van der Waals surface area contributed by atoms with Gasteiger partial charge in [-0.15, -0.1) is 0 Å². The lowest BCUT2D eigenvalue weighted by molar-refractivity contribution is 0.147. The van der Waals surface area contributed by atoms with Crippen molar-refractivity contribution in [1.29, 1.82) is 0 Å². The molecule has 0 aliphatic carbocycles. The molecule has 21 heavy (non-hydrogen) atoms. The fourth-order valence-electron chi connectivity index (χ4n) is 2.48. The summed E-state index contributed by atoms with van der Waals surface area (Å²) in [5, 5.41) is 10.3. The average molecular weight is 287 g/mol. The molecule has 0 aliphatic heterocycles. The van der Waals surface area contributed by atoms with Crippen LogP contribution in [0, 0.1) is 12.7 Å². The molecule has 1 unspecified atom stereocenters. The molecule has 0 amide bonds. The molecule has 0 saturated carbocycles. The SMILES string of the molecule is Cc1ccccc1C(O)CCN(C)Cc1cccc(F)c1. The summed E-state index contributed by atoms with van der Waals surface area (Å²) in [4.78, 5) is 2.09. The van der Waals surface area contributed by atoms with E-state index >= 15 is 0 Å². The Labute approximate surface area is 125 Å². The highest BCUT2D eigenvalue weighted by molar-refractivity contribution is 5.27. The summed E-state index contributed by atoms with van der Waals surface area (Å²) in [6, 6.07) is 14.5. The summed E-state index contributed by atoms with van der Waals surface area (Å²) in [5.74, 6) is -0.208. The van der Waals surface area contributed by atoms with Crippen LogP contribution in [-0.4, -0.2) is 23.6 Å². The first-order valence-electron chi connectivity index (χ1n) is 7.23. The highest BCUT2D eigenvalue weighted by atomic mass is 19.1. The molecule has 0 heterocycles. The van der Waals surface area contributed by atoms with Gasteiger partial charge in [-0.2, -0.15) is 0 Å². The standard InChI is InChI=1S/C18H22FNO/c1-14-6-3-4-9-17(14)18(21)10-11-20(2)13-15-7-5-8-16(19)12-15/h3-9,12,18,21H,10-11,13H2,1-2H3. The Morgan fingerprint density at radius 3 is 2.62 bits per heavy atom. The Bertz CT molecular complexity index is 585. The lowest BCUT2D eigenvalue weighted by atomic mass is 10.0. The topological polar surface area (TPSA) is 23.5 Å². The van der Waals surface area contributed by atoms with Gasteiger partial charge < -0.3 is 10.0 Å². The summed E-state index contributed by atoms with van der Waals surface area (Å²) in [7, 11) is 1.98. The second kappa shape index (κ2) is 7.34. The fraction of sp³-hybridized carbons (Fsp3) is 0.333. The highest BCUT2D eigenvalue weighted by Crippen LogP contribution is 2.20. The third-order valence-corrected chi connectivity index (χ3v) is 3.67. The zero-order chi connectivity index (χ0) is 15.2. The van der Waals surface area contributed by atoms with Crippen molar-refractivity contribution in [3.8, 4) is 0 Å². The minimum Gasteiger partial charge on any atom is -0.388 e. The van der Waals surface area contributed by atoms with E-state index in [1.165, 1.54) is 6.07 Å². The first-order chi connectivity index (χ1) is 10.1. The Balaban J connectivity index is 1.86. The van der Waals surface area contributed by atoms with Crippen LogP contribution >= 0.6 is 0 Å². The van der Waals surface area contributed by atoms with Crippen LogP contribution in [0.3, 0.4) is 0 Å². The predicted molar refractivity (Wildman–Crippen MR) is 83.5 cm³/mol. The van der Waals surface area contributed by atoms with Crippen LogP contribution in [0.4, 0.5) is 4.39 Å². The maximum Gasteiger partial charge on any atom is 0.123 e. The zero-order valence-corrected chi connectivity index (χ0v) is 12.6. The molecule has 3 heteroatoms. The van der Waals surface area contributed by atoms with E-state index in [1.54, 1.807) is 12.1 Å². The molecule has 2 rings (SSSR count). The Morgan fingerprint density at radius 1 is 1.14 bits per heavy atom. The van der Waals surface area contributed by atoms with E-state index in [1.807, 2.05) is 44.3 Å².